The highest BCUT2D eigenvalue weighted by molar-refractivity contribution is 5.74. The molecule has 1 aliphatic rings. The first kappa shape index (κ1) is 18.4. The minimum atomic E-state index is 0.145. The SMILES string of the molecule is CC(C)(C)c1ccccc1[NH+]1C=CC(c2cc[n+](-c3ccccc3)cc2)=CC1. The Kier molecular flexibility index (Phi) is 4.97. The highest BCUT2D eigenvalue weighted by Crippen LogP contribution is 2.27. The lowest BCUT2D eigenvalue weighted by atomic mass is 9.85. The molecule has 0 spiro atoms. The standard InChI is InChI=1S/C26H27N2/c1-26(2,3)24-11-7-8-12-25(24)28-19-15-22(16-20-28)21-13-17-27(18-14-21)23-9-5-4-6-10-23/h4-19H,20H2,1-3H3/q+1/p+1. The van der Waals surface area contributed by atoms with Crippen LogP contribution in [0, 0.1) is 0 Å². The molecular weight excluding hydrogens is 340 g/mol. The molecule has 0 aliphatic carbocycles. The van der Waals surface area contributed by atoms with Crippen LogP contribution in [0.25, 0.3) is 11.3 Å². The van der Waals surface area contributed by atoms with Crippen molar-refractivity contribution in [3.05, 3.63) is 109 Å². The van der Waals surface area contributed by atoms with Gasteiger partial charge in [-0.25, -0.2) is 0 Å². The number of quaternary nitrogens is 1. The normalized spacial score (nSPS) is 16.7. The molecule has 0 saturated carbocycles. The van der Waals surface area contributed by atoms with Gasteiger partial charge < -0.3 is 0 Å². The van der Waals surface area contributed by atoms with E-state index in [1.807, 2.05) is 6.07 Å². The molecule has 0 amide bonds. The molecule has 140 valence electrons. The Labute approximate surface area is 168 Å². The molecule has 0 fully saturated rings. The molecule has 1 aliphatic heterocycles. The molecule has 2 heteroatoms. The van der Waals surface area contributed by atoms with Gasteiger partial charge in [-0.05, 0) is 34.8 Å². The third-order valence-corrected chi connectivity index (χ3v) is 5.30. The van der Waals surface area contributed by atoms with Crippen molar-refractivity contribution in [1.82, 2.24) is 0 Å². The third kappa shape index (κ3) is 3.83. The van der Waals surface area contributed by atoms with Crippen LogP contribution >= 0.6 is 0 Å². The van der Waals surface area contributed by atoms with Gasteiger partial charge in [0.1, 0.15) is 18.4 Å². The zero-order valence-corrected chi connectivity index (χ0v) is 16.9. The van der Waals surface area contributed by atoms with Crippen LogP contribution in [-0.4, -0.2) is 6.54 Å². The van der Waals surface area contributed by atoms with Crippen molar-refractivity contribution in [2.45, 2.75) is 26.2 Å². The van der Waals surface area contributed by atoms with E-state index in [1.54, 1.807) is 0 Å². The first-order valence-electron chi connectivity index (χ1n) is 9.93. The van der Waals surface area contributed by atoms with E-state index in [1.165, 1.54) is 33.0 Å². The fourth-order valence-electron chi connectivity index (χ4n) is 3.77. The average Bonchev–Trinajstić information content (AvgIpc) is 2.74. The molecule has 3 aromatic rings. The van der Waals surface area contributed by atoms with Gasteiger partial charge in [-0.1, -0.05) is 57.2 Å². The molecule has 1 aromatic heterocycles. The number of hydrogen-bond acceptors (Lipinski definition) is 0. The van der Waals surface area contributed by atoms with Crippen molar-refractivity contribution < 1.29 is 9.47 Å². The fraction of sp³-hybridized carbons (Fsp3) is 0.192. The number of allylic oxidation sites excluding steroid dienone is 2. The Morgan fingerprint density at radius 3 is 2.14 bits per heavy atom. The molecule has 4 rings (SSSR count). The summed E-state index contributed by atoms with van der Waals surface area (Å²) in [5.74, 6) is 0. The molecule has 28 heavy (non-hydrogen) atoms. The number of nitrogens with one attached hydrogen (secondary N) is 1. The minimum Gasteiger partial charge on any atom is -0.273 e. The Morgan fingerprint density at radius 2 is 1.50 bits per heavy atom. The molecule has 0 saturated heterocycles. The van der Waals surface area contributed by atoms with Crippen LogP contribution in [0.2, 0.25) is 0 Å². The molecule has 1 unspecified atom stereocenters. The topological polar surface area (TPSA) is 8.32 Å². The number of rotatable bonds is 3. The monoisotopic (exact) mass is 368 g/mol. The predicted molar refractivity (Wildman–Crippen MR) is 116 cm³/mol. The summed E-state index contributed by atoms with van der Waals surface area (Å²) in [4.78, 5) is 1.39. The van der Waals surface area contributed by atoms with Gasteiger partial charge in [0.25, 0.3) is 0 Å². The van der Waals surface area contributed by atoms with Crippen LogP contribution in [0.5, 0.6) is 0 Å². The first-order valence-corrected chi connectivity index (χ1v) is 9.93. The molecule has 2 aromatic carbocycles. The summed E-state index contributed by atoms with van der Waals surface area (Å²) in [7, 11) is 0. The maximum absolute atomic E-state index is 2.34. The van der Waals surface area contributed by atoms with E-state index in [2.05, 4.69) is 117 Å². The van der Waals surface area contributed by atoms with Gasteiger partial charge in [0.05, 0.1) is 0 Å². The summed E-state index contributed by atoms with van der Waals surface area (Å²) < 4.78 is 2.15. The number of nitrogens with zero attached hydrogens (tertiary/aromatic N) is 1. The zero-order valence-electron chi connectivity index (χ0n) is 16.9. The zero-order chi connectivity index (χ0) is 19.6. The Balaban J connectivity index is 1.54. The number of aromatic nitrogens is 1. The van der Waals surface area contributed by atoms with Crippen molar-refractivity contribution in [2.24, 2.45) is 0 Å². The van der Waals surface area contributed by atoms with Crippen molar-refractivity contribution in [3.8, 4) is 5.69 Å². The smallest absolute Gasteiger partial charge is 0.210 e. The van der Waals surface area contributed by atoms with Gasteiger partial charge in [0.15, 0.2) is 12.4 Å². The summed E-state index contributed by atoms with van der Waals surface area (Å²) in [6.07, 6.45) is 11.1. The number of pyridine rings is 1. The summed E-state index contributed by atoms with van der Waals surface area (Å²) in [5.41, 5.74) is 6.65. The van der Waals surface area contributed by atoms with Gasteiger partial charge >= 0.3 is 0 Å². The van der Waals surface area contributed by atoms with Crippen LogP contribution in [0.4, 0.5) is 5.69 Å². The van der Waals surface area contributed by atoms with E-state index in [9.17, 15) is 0 Å². The Bertz CT molecular complexity index is 1010. The lowest BCUT2D eigenvalue weighted by molar-refractivity contribution is -0.768. The predicted octanol–water partition coefficient (Wildman–Crippen LogP) is 4.39. The average molecular weight is 369 g/mol. The van der Waals surface area contributed by atoms with Crippen LogP contribution in [0.1, 0.15) is 31.9 Å². The summed E-state index contributed by atoms with van der Waals surface area (Å²) >= 11 is 0. The highest BCUT2D eigenvalue weighted by Gasteiger charge is 2.24. The van der Waals surface area contributed by atoms with E-state index in [0.29, 0.717) is 0 Å². The van der Waals surface area contributed by atoms with Crippen molar-refractivity contribution in [1.29, 1.82) is 0 Å². The maximum Gasteiger partial charge on any atom is 0.210 e. The van der Waals surface area contributed by atoms with Gasteiger partial charge in [0.2, 0.25) is 5.69 Å². The van der Waals surface area contributed by atoms with Gasteiger partial charge in [-0.2, -0.15) is 4.57 Å². The van der Waals surface area contributed by atoms with Crippen LogP contribution in [0.15, 0.2) is 97.5 Å². The fourth-order valence-corrected chi connectivity index (χ4v) is 3.77. The van der Waals surface area contributed by atoms with E-state index < -0.39 is 0 Å². The van der Waals surface area contributed by atoms with E-state index in [4.69, 9.17) is 0 Å². The van der Waals surface area contributed by atoms with Crippen LogP contribution in [-0.2, 0) is 5.41 Å². The van der Waals surface area contributed by atoms with Gasteiger partial charge in [-0.3, -0.25) is 4.90 Å². The molecule has 0 radical (unpaired) electrons. The molecule has 1 N–H and O–H groups in total. The Hall–Kier alpha value is -2.97. The second-order valence-electron chi connectivity index (χ2n) is 8.35. The summed E-state index contributed by atoms with van der Waals surface area (Å²) in [6.45, 7) is 7.82. The third-order valence-electron chi connectivity index (χ3n) is 5.30. The largest absolute Gasteiger partial charge is 0.273 e. The molecule has 2 nitrogen and oxygen atoms in total. The second kappa shape index (κ2) is 7.57. The van der Waals surface area contributed by atoms with E-state index >= 15 is 0 Å². The summed E-state index contributed by atoms with van der Waals surface area (Å²) in [5, 5.41) is 0. The van der Waals surface area contributed by atoms with E-state index in [0.717, 1.165) is 6.54 Å². The van der Waals surface area contributed by atoms with Crippen molar-refractivity contribution in [3.63, 3.8) is 0 Å². The minimum absolute atomic E-state index is 0.145. The number of para-hydroxylation sites is 2. The molecule has 2 heterocycles. The second-order valence-corrected chi connectivity index (χ2v) is 8.35. The molecule has 0 bridgehead atoms. The first-order chi connectivity index (χ1) is 13.5. The lowest BCUT2D eigenvalue weighted by Gasteiger charge is -2.26. The van der Waals surface area contributed by atoms with E-state index in [-0.39, 0.29) is 5.41 Å². The molecular formula is C26H28N2+2. The highest BCUT2D eigenvalue weighted by atomic mass is 15.1. The van der Waals surface area contributed by atoms with Crippen molar-refractivity contribution in [2.75, 3.05) is 6.54 Å². The number of hydrogen-bond donors (Lipinski definition) is 1. The number of benzene rings is 2. The lowest BCUT2D eigenvalue weighted by Crippen LogP contribution is -3.02. The van der Waals surface area contributed by atoms with Gasteiger partial charge in [0, 0.05) is 29.8 Å². The maximum atomic E-state index is 2.34. The summed E-state index contributed by atoms with van der Waals surface area (Å²) in [6, 6.07) is 23.6. The van der Waals surface area contributed by atoms with Crippen molar-refractivity contribution >= 4 is 11.3 Å². The quantitative estimate of drug-likeness (QED) is 0.656. The van der Waals surface area contributed by atoms with Crippen LogP contribution in [0.3, 0.4) is 0 Å². The Morgan fingerprint density at radius 1 is 0.821 bits per heavy atom. The molecule has 1 atom stereocenters. The van der Waals surface area contributed by atoms with Crippen LogP contribution < -0.4 is 9.47 Å². The van der Waals surface area contributed by atoms with Gasteiger partial charge in [-0.15, -0.1) is 0 Å².